The summed E-state index contributed by atoms with van der Waals surface area (Å²) < 4.78 is 46.3. The van der Waals surface area contributed by atoms with Crippen molar-refractivity contribution in [3.63, 3.8) is 0 Å². The number of carbonyl (C=O) groups is 1. The fourth-order valence-corrected chi connectivity index (χ4v) is 2.72. The van der Waals surface area contributed by atoms with Gasteiger partial charge in [-0.05, 0) is 13.0 Å². The highest BCUT2D eigenvalue weighted by molar-refractivity contribution is 5.77. The van der Waals surface area contributed by atoms with Gasteiger partial charge in [0.1, 0.15) is 0 Å². The molecule has 10 heteroatoms. The zero-order valence-electron chi connectivity index (χ0n) is 14.1. The number of hydrogen-bond acceptors (Lipinski definition) is 5. The maximum absolute atomic E-state index is 13.3. The minimum atomic E-state index is -5.02. The molecule has 0 saturated carbocycles. The molecule has 142 valence electrons. The van der Waals surface area contributed by atoms with Gasteiger partial charge in [0.25, 0.3) is 0 Å². The molecule has 7 nitrogen and oxygen atoms in total. The SMILES string of the molecule is Cn1ccnc1[C@@](O)(CC(=O)NCCCN1CCOCC1)C(F)(F)F. The summed E-state index contributed by atoms with van der Waals surface area (Å²) in [6.45, 7) is 3.91. The van der Waals surface area contributed by atoms with Gasteiger partial charge in [-0.2, -0.15) is 13.2 Å². The quantitative estimate of drug-likeness (QED) is 0.685. The second kappa shape index (κ2) is 8.15. The number of rotatable bonds is 7. The number of halogens is 3. The molecule has 0 radical (unpaired) electrons. The predicted molar refractivity (Wildman–Crippen MR) is 82.7 cm³/mol. The maximum Gasteiger partial charge on any atom is 0.425 e. The molecular weight excluding hydrogens is 341 g/mol. The molecule has 1 aliphatic heterocycles. The van der Waals surface area contributed by atoms with Crippen LogP contribution >= 0.6 is 0 Å². The van der Waals surface area contributed by atoms with E-state index >= 15 is 0 Å². The van der Waals surface area contributed by atoms with E-state index in [1.54, 1.807) is 0 Å². The van der Waals surface area contributed by atoms with Crippen LogP contribution in [0.3, 0.4) is 0 Å². The molecule has 2 N–H and O–H groups in total. The molecule has 0 aromatic carbocycles. The Hall–Kier alpha value is -1.65. The lowest BCUT2D eigenvalue weighted by atomic mass is 9.97. The number of aromatic nitrogens is 2. The first-order chi connectivity index (χ1) is 11.7. The lowest BCUT2D eigenvalue weighted by Crippen LogP contribution is -2.48. The molecule has 25 heavy (non-hydrogen) atoms. The lowest BCUT2D eigenvalue weighted by molar-refractivity contribution is -0.271. The summed E-state index contributed by atoms with van der Waals surface area (Å²) in [5, 5.41) is 12.6. The first kappa shape index (κ1) is 19.7. The second-order valence-electron chi connectivity index (χ2n) is 6.05. The van der Waals surface area contributed by atoms with E-state index in [9.17, 15) is 23.1 Å². The average Bonchev–Trinajstić information content (AvgIpc) is 2.98. The third-order valence-electron chi connectivity index (χ3n) is 4.15. The van der Waals surface area contributed by atoms with Gasteiger partial charge in [0.15, 0.2) is 5.82 Å². The van der Waals surface area contributed by atoms with Gasteiger partial charge in [0.05, 0.1) is 19.6 Å². The number of carbonyl (C=O) groups excluding carboxylic acids is 1. The van der Waals surface area contributed by atoms with Crippen LogP contribution in [0.25, 0.3) is 0 Å². The van der Waals surface area contributed by atoms with Crippen molar-refractivity contribution in [2.45, 2.75) is 24.6 Å². The highest BCUT2D eigenvalue weighted by atomic mass is 19.4. The summed E-state index contributed by atoms with van der Waals surface area (Å²) in [6.07, 6.45) is -3.10. The number of imidazole rings is 1. The van der Waals surface area contributed by atoms with E-state index in [1.165, 1.54) is 13.2 Å². The number of aliphatic hydroxyl groups is 1. The average molecular weight is 364 g/mol. The molecule has 1 fully saturated rings. The summed E-state index contributed by atoms with van der Waals surface area (Å²) in [5.41, 5.74) is -3.32. The normalized spacial score (nSPS) is 18.8. The Labute approximate surface area is 143 Å². The van der Waals surface area contributed by atoms with E-state index in [0.29, 0.717) is 19.6 Å². The van der Waals surface area contributed by atoms with Gasteiger partial charge < -0.3 is 19.7 Å². The summed E-state index contributed by atoms with van der Waals surface area (Å²) in [5.74, 6) is -1.48. The Morgan fingerprint density at radius 1 is 1.40 bits per heavy atom. The number of amides is 1. The minimum Gasteiger partial charge on any atom is -0.379 e. The van der Waals surface area contributed by atoms with Crippen molar-refractivity contribution in [1.82, 2.24) is 19.8 Å². The van der Waals surface area contributed by atoms with E-state index in [4.69, 9.17) is 4.74 Å². The minimum absolute atomic E-state index is 0.241. The molecule has 1 amide bonds. The van der Waals surface area contributed by atoms with Crippen LogP contribution < -0.4 is 5.32 Å². The Balaban J connectivity index is 1.86. The van der Waals surface area contributed by atoms with Gasteiger partial charge in [-0.1, -0.05) is 0 Å². The monoisotopic (exact) mass is 364 g/mol. The van der Waals surface area contributed by atoms with Crippen molar-refractivity contribution >= 4 is 5.91 Å². The van der Waals surface area contributed by atoms with Crippen molar-refractivity contribution in [3.8, 4) is 0 Å². The number of nitrogens with zero attached hydrogens (tertiary/aromatic N) is 3. The summed E-state index contributed by atoms with van der Waals surface area (Å²) in [6, 6.07) is 0. The molecule has 2 rings (SSSR count). The summed E-state index contributed by atoms with van der Waals surface area (Å²) in [7, 11) is 1.33. The highest BCUT2D eigenvalue weighted by Crippen LogP contribution is 2.40. The molecule has 0 aliphatic carbocycles. The molecule has 1 aromatic heterocycles. The van der Waals surface area contributed by atoms with Gasteiger partial charge >= 0.3 is 6.18 Å². The van der Waals surface area contributed by atoms with E-state index in [1.807, 2.05) is 0 Å². The Bertz CT molecular complexity index is 573. The van der Waals surface area contributed by atoms with Gasteiger partial charge in [-0.15, -0.1) is 0 Å². The first-order valence-corrected chi connectivity index (χ1v) is 8.08. The number of aryl methyl sites for hydroxylation is 1. The molecular formula is C15H23F3N4O3. The van der Waals surface area contributed by atoms with E-state index in [2.05, 4.69) is 15.2 Å². The Morgan fingerprint density at radius 3 is 2.64 bits per heavy atom. The van der Waals surface area contributed by atoms with Gasteiger partial charge in [-0.3, -0.25) is 9.69 Å². The van der Waals surface area contributed by atoms with Crippen LogP contribution in [0.2, 0.25) is 0 Å². The Morgan fingerprint density at radius 2 is 2.08 bits per heavy atom. The van der Waals surface area contributed by atoms with Crippen LogP contribution in [0.4, 0.5) is 13.2 Å². The molecule has 0 unspecified atom stereocenters. The van der Waals surface area contributed by atoms with Gasteiger partial charge in [0, 0.05) is 39.1 Å². The number of hydrogen-bond donors (Lipinski definition) is 2. The number of nitrogens with one attached hydrogen (secondary N) is 1. The largest absolute Gasteiger partial charge is 0.425 e. The Kier molecular flexibility index (Phi) is 6.42. The van der Waals surface area contributed by atoms with Crippen molar-refractivity contribution in [1.29, 1.82) is 0 Å². The summed E-state index contributed by atoms with van der Waals surface area (Å²) >= 11 is 0. The maximum atomic E-state index is 13.3. The van der Waals surface area contributed by atoms with E-state index in [0.717, 1.165) is 30.4 Å². The molecule has 2 heterocycles. The van der Waals surface area contributed by atoms with Crippen molar-refractivity contribution in [2.75, 3.05) is 39.4 Å². The topological polar surface area (TPSA) is 79.6 Å². The van der Waals surface area contributed by atoms with Crippen LogP contribution in [-0.4, -0.2) is 71.0 Å². The lowest BCUT2D eigenvalue weighted by Gasteiger charge is -2.29. The third-order valence-corrected chi connectivity index (χ3v) is 4.15. The number of morpholine rings is 1. The molecule has 1 aromatic rings. The van der Waals surface area contributed by atoms with Crippen molar-refractivity contribution < 1.29 is 27.8 Å². The van der Waals surface area contributed by atoms with Gasteiger partial charge in [0.2, 0.25) is 11.5 Å². The smallest absolute Gasteiger partial charge is 0.379 e. The summed E-state index contributed by atoms with van der Waals surface area (Å²) in [4.78, 5) is 17.6. The number of ether oxygens (including phenoxy) is 1. The van der Waals surface area contributed by atoms with Crippen LogP contribution in [0.1, 0.15) is 18.7 Å². The molecule has 1 aliphatic rings. The predicted octanol–water partition coefficient (Wildman–Crippen LogP) is 0.399. The van der Waals surface area contributed by atoms with Crippen LogP contribution in [0.15, 0.2) is 12.4 Å². The second-order valence-corrected chi connectivity index (χ2v) is 6.05. The zero-order valence-corrected chi connectivity index (χ0v) is 14.1. The third kappa shape index (κ3) is 4.93. The molecule has 0 spiro atoms. The van der Waals surface area contributed by atoms with Crippen LogP contribution in [0.5, 0.6) is 0 Å². The van der Waals surface area contributed by atoms with Crippen LogP contribution in [-0.2, 0) is 22.2 Å². The fraction of sp³-hybridized carbons (Fsp3) is 0.733. The highest BCUT2D eigenvalue weighted by Gasteiger charge is 2.58. The molecule has 1 saturated heterocycles. The number of alkyl halides is 3. The van der Waals surface area contributed by atoms with Crippen molar-refractivity contribution in [3.05, 3.63) is 18.2 Å². The standard InChI is InChI=1S/C15H23F3N4O3/c1-21-6-4-20-13(21)14(24,15(16,17)18)11-12(23)19-3-2-5-22-7-9-25-10-8-22/h4,6,24H,2-3,5,7-11H2,1H3,(H,19,23)/t14-/m0/s1. The van der Waals surface area contributed by atoms with Crippen LogP contribution in [0, 0.1) is 0 Å². The first-order valence-electron chi connectivity index (χ1n) is 8.08. The zero-order chi connectivity index (χ0) is 18.5. The fourth-order valence-electron chi connectivity index (χ4n) is 2.72. The molecule has 0 bridgehead atoms. The van der Waals surface area contributed by atoms with Gasteiger partial charge in [-0.25, -0.2) is 4.98 Å². The van der Waals surface area contributed by atoms with E-state index < -0.39 is 29.9 Å². The molecule has 1 atom stereocenters. The van der Waals surface area contributed by atoms with E-state index in [-0.39, 0.29) is 6.54 Å². The van der Waals surface area contributed by atoms with Crippen molar-refractivity contribution in [2.24, 2.45) is 7.05 Å².